The van der Waals surface area contributed by atoms with Crippen LogP contribution in [0.4, 0.5) is 0 Å². The van der Waals surface area contributed by atoms with Crippen LogP contribution in [0.25, 0.3) is 0 Å². The molecule has 0 aliphatic carbocycles. The number of rotatable bonds is 5. The average molecular weight is 273 g/mol. The highest BCUT2D eigenvalue weighted by Crippen LogP contribution is 2.27. The first kappa shape index (κ1) is 13.0. The molecule has 7 nitrogen and oxygen atoms in total. The molecule has 2 heterocycles. The SMILES string of the molecule is O=C(O)CCC1CCCN1S(=O)(=O)c1cnc[nH]1. The molecule has 0 saturated carbocycles. The van der Waals surface area contributed by atoms with Gasteiger partial charge in [0.15, 0.2) is 5.03 Å². The molecule has 8 heteroatoms. The van der Waals surface area contributed by atoms with E-state index in [0.29, 0.717) is 19.4 Å². The number of carbonyl (C=O) groups is 1. The predicted molar refractivity (Wildman–Crippen MR) is 62.4 cm³/mol. The summed E-state index contributed by atoms with van der Waals surface area (Å²) in [5.41, 5.74) is 0. The minimum absolute atomic E-state index is 0.0142. The zero-order chi connectivity index (χ0) is 13.2. The van der Waals surface area contributed by atoms with Crippen molar-refractivity contribution in [2.75, 3.05) is 6.54 Å². The van der Waals surface area contributed by atoms with E-state index in [9.17, 15) is 13.2 Å². The van der Waals surface area contributed by atoms with Crippen molar-refractivity contribution < 1.29 is 18.3 Å². The van der Waals surface area contributed by atoms with Crippen molar-refractivity contribution in [2.24, 2.45) is 0 Å². The number of aromatic amines is 1. The van der Waals surface area contributed by atoms with Crippen LogP contribution in [0.5, 0.6) is 0 Å². The first-order valence-corrected chi connectivity index (χ1v) is 7.18. The van der Waals surface area contributed by atoms with E-state index in [2.05, 4.69) is 9.97 Å². The first-order valence-electron chi connectivity index (χ1n) is 5.74. The number of nitrogens with zero attached hydrogens (tertiary/aromatic N) is 2. The lowest BCUT2D eigenvalue weighted by atomic mass is 10.1. The number of aromatic nitrogens is 2. The molecule has 2 N–H and O–H groups in total. The topological polar surface area (TPSA) is 103 Å². The van der Waals surface area contributed by atoms with Crippen molar-refractivity contribution in [3.63, 3.8) is 0 Å². The molecule has 1 aliphatic rings. The van der Waals surface area contributed by atoms with Crippen molar-refractivity contribution in [1.29, 1.82) is 0 Å². The summed E-state index contributed by atoms with van der Waals surface area (Å²) in [6.45, 7) is 0.436. The Labute approximate surface area is 105 Å². The van der Waals surface area contributed by atoms with Gasteiger partial charge in [-0.05, 0) is 19.3 Å². The second-order valence-electron chi connectivity index (χ2n) is 4.26. The Balaban J connectivity index is 2.14. The number of hydrogen-bond acceptors (Lipinski definition) is 4. The summed E-state index contributed by atoms with van der Waals surface area (Å²) in [4.78, 5) is 16.8. The van der Waals surface area contributed by atoms with Crippen LogP contribution in [-0.2, 0) is 14.8 Å². The smallest absolute Gasteiger partial charge is 0.303 e. The molecular formula is C10H15N3O4S. The number of imidazole rings is 1. The van der Waals surface area contributed by atoms with Crippen LogP contribution in [0.3, 0.4) is 0 Å². The van der Waals surface area contributed by atoms with Crippen molar-refractivity contribution in [2.45, 2.75) is 36.8 Å². The third-order valence-corrected chi connectivity index (χ3v) is 4.95. The van der Waals surface area contributed by atoms with Crippen LogP contribution < -0.4 is 0 Å². The molecule has 1 aromatic rings. The molecule has 0 spiro atoms. The van der Waals surface area contributed by atoms with E-state index in [1.54, 1.807) is 0 Å². The largest absolute Gasteiger partial charge is 0.481 e. The van der Waals surface area contributed by atoms with Gasteiger partial charge in [-0.15, -0.1) is 0 Å². The third kappa shape index (κ3) is 2.54. The third-order valence-electron chi connectivity index (χ3n) is 3.07. The highest BCUT2D eigenvalue weighted by atomic mass is 32.2. The standard InChI is InChI=1S/C10H15N3O4S/c14-10(15)4-3-8-2-1-5-13(8)18(16,17)9-6-11-7-12-9/h6-8H,1-5H2,(H,11,12)(H,14,15). The van der Waals surface area contributed by atoms with E-state index in [0.717, 1.165) is 6.42 Å². The van der Waals surface area contributed by atoms with Crippen molar-refractivity contribution in [3.05, 3.63) is 12.5 Å². The number of H-pyrrole nitrogens is 1. The van der Waals surface area contributed by atoms with Gasteiger partial charge >= 0.3 is 5.97 Å². The fraction of sp³-hybridized carbons (Fsp3) is 0.600. The lowest BCUT2D eigenvalue weighted by molar-refractivity contribution is -0.137. The van der Waals surface area contributed by atoms with Crippen molar-refractivity contribution in [1.82, 2.24) is 14.3 Å². The Morgan fingerprint density at radius 2 is 2.39 bits per heavy atom. The van der Waals surface area contributed by atoms with Gasteiger partial charge in [-0.2, -0.15) is 4.31 Å². The number of carboxylic acids is 1. The highest BCUT2D eigenvalue weighted by Gasteiger charge is 2.35. The Morgan fingerprint density at radius 1 is 1.61 bits per heavy atom. The van der Waals surface area contributed by atoms with Gasteiger partial charge in [0.2, 0.25) is 0 Å². The predicted octanol–water partition coefficient (Wildman–Crippen LogP) is 0.428. The van der Waals surface area contributed by atoms with E-state index in [1.165, 1.54) is 16.8 Å². The second kappa shape index (κ2) is 5.07. The lowest BCUT2D eigenvalue weighted by Gasteiger charge is -2.22. The van der Waals surface area contributed by atoms with E-state index in [1.807, 2.05) is 0 Å². The van der Waals surface area contributed by atoms with Crippen LogP contribution in [-0.4, -0.2) is 46.4 Å². The molecular weight excluding hydrogens is 258 g/mol. The monoisotopic (exact) mass is 273 g/mol. The highest BCUT2D eigenvalue weighted by molar-refractivity contribution is 7.89. The molecule has 1 atom stereocenters. The van der Waals surface area contributed by atoms with Gasteiger partial charge in [0.05, 0.1) is 12.5 Å². The minimum Gasteiger partial charge on any atom is -0.481 e. The maximum Gasteiger partial charge on any atom is 0.303 e. The molecule has 1 unspecified atom stereocenters. The molecule has 1 aromatic heterocycles. The van der Waals surface area contributed by atoms with E-state index < -0.39 is 16.0 Å². The number of aliphatic carboxylic acids is 1. The summed E-state index contributed by atoms with van der Waals surface area (Å²) in [6, 6.07) is -0.227. The van der Waals surface area contributed by atoms with Gasteiger partial charge in [0, 0.05) is 19.0 Å². The molecule has 0 radical (unpaired) electrons. The normalized spacial score (nSPS) is 21.2. The zero-order valence-corrected chi connectivity index (χ0v) is 10.6. The zero-order valence-electron chi connectivity index (χ0n) is 9.74. The van der Waals surface area contributed by atoms with E-state index in [-0.39, 0.29) is 17.5 Å². The Bertz CT molecular complexity index is 511. The molecule has 1 aliphatic heterocycles. The summed E-state index contributed by atoms with van der Waals surface area (Å²) in [7, 11) is -3.57. The molecule has 18 heavy (non-hydrogen) atoms. The minimum atomic E-state index is -3.57. The van der Waals surface area contributed by atoms with Crippen LogP contribution >= 0.6 is 0 Å². The van der Waals surface area contributed by atoms with E-state index >= 15 is 0 Å². The number of sulfonamides is 1. The van der Waals surface area contributed by atoms with Gasteiger partial charge in [-0.1, -0.05) is 0 Å². The molecule has 0 aromatic carbocycles. The van der Waals surface area contributed by atoms with Crippen LogP contribution in [0.1, 0.15) is 25.7 Å². The molecule has 100 valence electrons. The van der Waals surface area contributed by atoms with Gasteiger partial charge in [0.1, 0.15) is 0 Å². The quantitative estimate of drug-likeness (QED) is 0.809. The maximum atomic E-state index is 12.3. The van der Waals surface area contributed by atoms with Gasteiger partial charge < -0.3 is 10.1 Å². The van der Waals surface area contributed by atoms with Gasteiger partial charge in [-0.3, -0.25) is 4.79 Å². The fourth-order valence-corrected chi connectivity index (χ4v) is 3.84. The van der Waals surface area contributed by atoms with Crippen molar-refractivity contribution in [3.8, 4) is 0 Å². The van der Waals surface area contributed by atoms with Crippen LogP contribution in [0.2, 0.25) is 0 Å². The summed E-state index contributed by atoms with van der Waals surface area (Å²) < 4.78 is 25.9. The summed E-state index contributed by atoms with van der Waals surface area (Å²) >= 11 is 0. The van der Waals surface area contributed by atoms with Gasteiger partial charge in [-0.25, -0.2) is 13.4 Å². The summed E-state index contributed by atoms with van der Waals surface area (Å²) in [6.07, 6.45) is 4.39. The lowest BCUT2D eigenvalue weighted by Crippen LogP contribution is -2.36. The number of nitrogens with one attached hydrogen (secondary N) is 1. The van der Waals surface area contributed by atoms with Crippen LogP contribution in [0, 0.1) is 0 Å². The molecule has 1 fully saturated rings. The Morgan fingerprint density at radius 3 is 3.00 bits per heavy atom. The Kier molecular flexibility index (Phi) is 3.67. The number of carboxylic acid groups (broad SMARTS) is 1. The molecule has 0 amide bonds. The van der Waals surface area contributed by atoms with Crippen LogP contribution in [0.15, 0.2) is 17.6 Å². The average Bonchev–Trinajstić information content (AvgIpc) is 2.97. The second-order valence-corrected chi connectivity index (χ2v) is 6.12. The molecule has 1 saturated heterocycles. The summed E-state index contributed by atoms with van der Waals surface area (Å²) in [5.74, 6) is -0.902. The summed E-state index contributed by atoms with van der Waals surface area (Å²) in [5, 5.41) is 8.72. The number of hydrogen-bond donors (Lipinski definition) is 2. The van der Waals surface area contributed by atoms with Gasteiger partial charge in [0.25, 0.3) is 10.0 Å². The maximum absolute atomic E-state index is 12.3. The molecule has 2 rings (SSSR count). The fourth-order valence-electron chi connectivity index (χ4n) is 2.21. The van der Waals surface area contributed by atoms with Crippen molar-refractivity contribution >= 4 is 16.0 Å². The first-order chi connectivity index (χ1) is 8.51. The van der Waals surface area contributed by atoms with E-state index in [4.69, 9.17) is 5.11 Å². The Hall–Kier alpha value is -1.41. The molecule has 0 bridgehead atoms.